The number of hydrogen-bond donors (Lipinski definition) is 2. The molecule has 0 bridgehead atoms. The molecule has 98 valence electrons. The van der Waals surface area contributed by atoms with Gasteiger partial charge in [0.2, 0.25) is 0 Å². The fraction of sp³-hybridized carbons (Fsp3) is 0.538. The van der Waals surface area contributed by atoms with Crippen molar-refractivity contribution >= 4 is 12.4 Å². The average molecular weight is 260 g/mol. The molecule has 4 heteroatoms. The Morgan fingerprint density at radius 1 is 1.18 bits per heavy atom. The van der Waals surface area contributed by atoms with Crippen LogP contribution in [0, 0.1) is 0 Å². The van der Waals surface area contributed by atoms with Crippen LogP contribution in [0.2, 0.25) is 0 Å². The summed E-state index contributed by atoms with van der Waals surface area (Å²) >= 11 is 0. The van der Waals surface area contributed by atoms with E-state index in [1.54, 1.807) is 0 Å². The van der Waals surface area contributed by atoms with Crippen molar-refractivity contribution < 1.29 is 9.84 Å². The van der Waals surface area contributed by atoms with Crippen molar-refractivity contribution in [1.29, 1.82) is 0 Å². The monoisotopic (exact) mass is 259 g/mol. The summed E-state index contributed by atoms with van der Waals surface area (Å²) < 4.78 is 5.29. The Morgan fingerprint density at radius 2 is 1.76 bits per heavy atom. The number of benzene rings is 1. The molecule has 0 aliphatic carbocycles. The molecular formula is C13H22ClNO2. The van der Waals surface area contributed by atoms with E-state index in [-0.39, 0.29) is 24.6 Å². The van der Waals surface area contributed by atoms with Gasteiger partial charge < -0.3 is 15.2 Å². The van der Waals surface area contributed by atoms with Crippen molar-refractivity contribution in [2.45, 2.75) is 32.9 Å². The lowest BCUT2D eigenvalue weighted by Crippen LogP contribution is -2.35. The quantitative estimate of drug-likeness (QED) is 0.853. The largest absolute Gasteiger partial charge is 0.491 e. The maximum Gasteiger partial charge on any atom is 0.119 e. The Bertz CT molecular complexity index is 306. The molecule has 1 aromatic carbocycles. The minimum Gasteiger partial charge on any atom is -0.491 e. The summed E-state index contributed by atoms with van der Waals surface area (Å²) in [6, 6.07) is 7.92. The molecule has 1 rings (SSSR count). The van der Waals surface area contributed by atoms with Gasteiger partial charge in [-0.25, -0.2) is 0 Å². The topological polar surface area (TPSA) is 41.5 Å². The zero-order valence-corrected chi connectivity index (χ0v) is 11.5. The van der Waals surface area contributed by atoms with Crippen LogP contribution >= 0.6 is 12.4 Å². The highest BCUT2D eigenvalue weighted by atomic mass is 35.5. The number of nitrogens with one attached hydrogen (secondary N) is 1. The molecule has 17 heavy (non-hydrogen) atoms. The molecule has 0 saturated heterocycles. The van der Waals surface area contributed by atoms with Crippen molar-refractivity contribution in [2.75, 3.05) is 13.2 Å². The standard InChI is InChI=1S/C13H21NO2.ClH/c1-13(2,3)14-10-11-4-6-12(7-5-11)16-9-8-15;/h4-7,14-15H,8-10H2,1-3H3;1H. The van der Waals surface area contributed by atoms with Crippen molar-refractivity contribution in [3.63, 3.8) is 0 Å². The van der Waals surface area contributed by atoms with E-state index in [2.05, 4.69) is 26.1 Å². The van der Waals surface area contributed by atoms with E-state index in [1.807, 2.05) is 24.3 Å². The van der Waals surface area contributed by atoms with Gasteiger partial charge in [-0.3, -0.25) is 0 Å². The molecule has 1 aromatic rings. The summed E-state index contributed by atoms with van der Waals surface area (Å²) in [5.74, 6) is 0.800. The predicted octanol–water partition coefficient (Wildman–Crippen LogP) is 2.37. The lowest BCUT2D eigenvalue weighted by Gasteiger charge is -2.20. The predicted molar refractivity (Wildman–Crippen MR) is 72.9 cm³/mol. The third-order valence-electron chi connectivity index (χ3n) is 2.11. The second kappa shape index (κ2) is 7.54. The van der Waals surface area contributed by atoms with Gasteiger partial charge in [0.15, 0.2) is 0 Å². The van der Waals surface area contributed by atoms with E-state index in [1.165, 1.54) is 5.56 Å². The van der Waals surface area contributed by atoms with Gasteiger partial charge in [0.05, 0.1) is 6.61 Å². The molecule has 0 fully saturated rings. The highest BCUT2D eigenvalue weighted by Crippen LogP contribution is 2.12. The Kier molecular flexibility index (Phi) is 7.19. The van der Waals surface area contributed by atoms with Gasteiger partial charge in [-0.15, -0.1) is 12.4 Å². The summed E-state index contributed by atoms with van der Waals surface area (Å²) in [5, 5.41) is 12.0. The third-order valence-corrected chi connectivity index (χ3v) is 2.11. The smallest absolute Gasteiger partial charge is 0.119 e. The highest BCUT2D eigenvalue weighted by molar-refractivity contribution is 5.85. The van der Waals surface area contributed by atoms with E-state index in [9.17, 15) is 0 Å². The van der Waals surface area contributed by atoms with Gasteiger partial charge in [-0.05, 0) is 38.5 Å². The van der Waals surface area contributed by atoms with Gasteiger partial charge in [0.25, 0.3) is 0 Å². The Labute approximate surface area is 110 Å². The van der Waals surface area contributed by atoms with Crippen LogP contribution < -0.4 is 10.1 Å². The number of aliphatic hydroxyl groups is 1. The fourth-order valence-corrected chi connectivity index (χ4v) is 1.23. The first-order chi connectivity index (χ1) is 7.51. The molecule has 0 atom stereocenters. The molecule has 0 aliphatic rings. The summed E-state index contributed by atoms with van der Waals surface area (Å²) in [6.07, 6.45) is 0. The molecule has 2 N–H and O–H groups in total. The van der Waals surface area contributed by atoms with E-state index in [0.717, 1.165) is 12.3 Å². The summed E-state index contributed by atoms with van der Waals surface area (Å²) in [7, 11) is 0. The van der Waals surface area contributed by atoms with E-state index in [0.29, 0.717) is 6.61 Å². The van der Waals surface area contributed by atoms with Gasteiger partial charge >= 0.3 is 0 Å². The molecular weight excluding hydrogens is 238 g/mol. The fourth-order valence-electron chi connectivity index (χ4n) is 1.23. The molecule has 0 saturated carbocycles. The van der Waals surface area contributed by atoms with Crippen LogP contribution in [0.3, 0.4) is 0 Å². The van der Waals surface area contributed by atoms with Crippen LogP contribution in [0.25, 0.3) is 0 Å². The van der Waals surface area contributed by atoms with Crippen LogP contribution in [-0.2, 0) is 6.54 Å². The van der Waals surface area contributed by atoms with Crippen LogP contribution in [0.5, 0.6) is 5.75 Å². The first-order valence-electron chi connectivity index (χ1n) is 5.59. The van der Waals surface area contributed by atoms with Gasteiger partial charge in [-0.1, -0.05) is 12.1 Å². The molecule has 0 aliphatic heterocycles. The highest BCUT2D eigenvalue weighted by Gasteiger charge is 2.07. The van der Waals surface area contributed by atoms with E-state index < -0.39 is 0 Å². The maximum atomic E-state index is 8.62. The van der Waals surface area contributed by atoms with Crippen molar-refractivity contribution in [2.24, 2.45) is 0 Å². The van der Waals surface area contributed by atoms with Crippen LogP contribution in [0.15, 0.2) is 24.3 Å². The first kappa shape index (κ1) is 16.2. The third kappa shape index (κ3) is 7.21. The summed E-state index contributed by atoms with van der Waals surface area (Å²) in [5.41, 5.74) is 1.36. The van der Waals surface area contributed by atoms with Crippen LogP contribution in [0.1, 0.15) is 26.3 Å². The molecule has 0 heterocycles. The lowest BCUT2D eigenvalue weighted by atomic mass is 10.1. The normalized spacial score (nSPS) is 10.8. The molecule has 3 nitrogen and oxygen atoms in total. The maximum absolute atomic E-state index is 8.62. The number of aliphatic hydroxyl groups excluding tert-OH is 1. The van der Waals surface area contributed by atoms with Crippen molar-refractivity contribution in [3.05, 3.63) is 29.8 Å². The molecule has 0 unspecified atom stereocenters. The Hall–Kier alpha value is -0.770. The van der Waals surface area contributed by atoms with E-state index >= 15 is 0 Å². The SMILES string of the molecule is CC(C)(C)NCc1ccc(OCCO)cc1.Cl. The minimum atomic E-state index is 0. The lowest BCUT2D eigenvalue weighted by molar-refractivity contribution is 0.201. The van der Waals surface area contributed by atoms with Crippen LogP contribution in [0.4, 0.5) is 0 Å². The van der Waals surface area contributed by atoms with Crippen LogP contribution in [-0.4, -0.2) is 23.9 Å². The number of hydrogen-bond acceptors (Lipinski definition) is 3. The van der Waals surface area contributed by atoms with Crippen molar-refractivity contribution in [1.82, 2.24) is 5.32 Å². The number of rotatable bonds is 5. The zero-order chi connectivity index (χ0) is 12.0. The van der Waals surface area contributed by atoms with Gasteiger partial charge in [0, 0.05) is 12.1 Å². The molecule has 0 spiro atoms. The van der Waals surface area contributed by atoms with Gasteiger partial charge in [-0.2, -0.15) is 0 Å². The van der Waals surface area contributed by atoms with Gasteiger partial charge in [0.1, 0.15) is 12.4 Å². The Morgan fingerprint density at radius 3 is 2.24 bits per heavy atom. The van der Waals surface area contributed by atoms with Crippen molar-refractivity contribution in [3.8, 4) is 5.75 Å². The molecule has 0 radical (unpaired) electrons. The molecule has 0 amide bonds. The average Bonchev–Trinajstić information content (AvgIpc) is 2.24. The van der Waals surface area contributed by atoms with E-state index in [4.69, 9.17) is 9.84 Å². The second-order valence-electron chi connectivity index (χ2n) is 4.82. The number of ether oxygens (including phenoxy) is 1. The first-order valence-corrected chi connectivity index (χ1v) is 5.59. The summed E-state index contributed by atoms with van der Waals surface area (Å²) in [4.78, 5) is 0. The zero-order valence-electron chi connectivity index (χ0n) is 10.7. The molecule has 0 aromatic heterocycles. The number of halogens is 1. The summed E-state index contributed by atoms with van der Waals surface area (Å²) in [6.45, 7) is 7.68. The minimum absolute atomic E-state index is 0. The Balaban J connectivity index is 0.00000256. The second-order valence-corrected chi connectivity index (χ2v) is 4.82.